The minimum atomic E-state index is -0.972. The van der Waals surface area contributed by atoms with Gasteiger partial charge in [-0.05, 0) is 31.2 Å². The third-order valence-electron chi connectivity index (χ3n) is 4.59. The minimum absolute atomic E-state index is 0.498. The van der Waals surface area contributed by atoms with Crippen LogP contribution in [0.3, 0.4) is 0 Å². The summed E-state index contributed by atoms with van der Waals surface area (Å²) in [6.07, 6.45) is 0.00204. The van der Waals surface area contributed by atoms with E-state index in [0.29, 0.717) is 18.7 Å². The predicted octanol–water partition coefficient (Wildman–Crippen LogP) is 2.82. The van der Waals surface area contributed by atoms with Gasteiger partial charge in [-0.1, -0.05) is 30.3 Å². The molecule has 1 heterocycles. The molecule has 6 nitrogen and oxygen atoms in total. The van der Waals surface area contributed by atoms with Crippen LogP contribution in [-0.2, 0) is 9.53 Å². The normalized spacial score (nSPS) is 18.1. The van der Waals surface area contributed by atoms with Crippen molar-refractivity contribution in [2.75, 3.05) is 37.5 Å². The van der Waals surface area contributed by atoms with E-state index in [2.05, 4.69) is 11.4 Å². The standard InChI is InChI=1S/C21H26N2O4S/c1-26-18-9-4-5-10-19(18)28-14-12-22-11-6-13-27-20-16-7-2-3-8-17(16)23(15-24)21(20)25/h2-5,7-10,15,20-22,25H,6,11-14H2,1H3. The van der Waals surface area contributed by atoms with Gasteiger partial charge in [-0.15, -0.1) is 11.8 Å². The van der Waals surface area contributed by atoms with E-state index in [-0.39, 0.29) is 0 Å². The molecular weight excluding hydrogens is 376 g/mol. The maximum absolute atomic E-state index is 11.2. The number of nitrogens with one attached hydrogen (secondary N) is 1. The van der Waals surface area contributed by atoms with Crippen molar-refractivity contribution in [1.29, 1.82) is 0 Å². The number of para-hydroxylation sites is 2. The van der Waals surface area contributed by atoms with Crippen LogP contribution in [-0.4, -0.2) is 50.3 Å². The second-order valence-corrected chi connectivity index (χ2v) is 7.52. The molecule has 3 rings (SSSR count). The maximum atomic E-state index is 11.2. The third-order valence-corrected chi connectivity index (χ3v) is 5.65. The van der Waals surface area contributed by atoms with Crippen LogP contribution in [0.4, 0.5) is 5.69 Å². The Morgan fingerprint density at radius 2 is 1.96 bits per heavy atom. The molecule has 0 fully saturated rings. The zero-order valence-corrected chi connectivity index (χ0v) is 16.7. The molecule has 0 aliphatic carbocycles. The van der Waals surface area contributed by atoms with Crippen molar-refractivity contribution in [1.82, 2.24) is 5.32 Å². The summed E-state index contributed by atoms with van der Waals surface area (Å²) < 4.78 is 11.2. The number of ether oxygens (including phenoxy) is 2. The molecule has 1 aliphatic heterocycles. The first-order chi connectivity index (χ1) is 13.8. The van der Waals surface area contributed by atoms with Gasteiger partial charge in [0.2, 0.25) is 6.41 Å². The lowest BCUT2D eigenvalue weighted by Gasteiger charge is -2.20. The first-order valence-corrected chi connectivity index (χ1v) is 10.3. The van der Waals surface area contributed by atoms with E-state index in [0.717, 1.165) is 41.5 Å². The van der Waals surface area contributed by atoms with Gasteiger partial charge < -0.3 is 19.9 Å². The highest BCUT2D eigenvalue weighted by molar-refractivity contribution is 7.99. The van der Waals surface area contributed by atoms with Gasteiger partial charge in [0.25, 0.3) is 0 Å². The number of hydrogen-bond donors (Lipinski definition) is 2. The highest BCUT2D eigenvalue weighted by atomic mass is 32.2. The first kappa shape index (κ1) is 20.7. The lowest BCUT2D eigenvalue weighted by Crippen LogP contribution is -2.33. The lowest BCUT2D eigenvalue weighted by atomic mass is 10.1. The third kappa shape index (κ3) is 4.86. The molecule has 2 unspecified atom stereocenters. The average molecular weight is 403 g/mol. The van der Waals surface area contributed by atoms with Crippen molar-refractivity contribution in [3.63, 3.8) is 0 Å². The molecule has 2 aromatic carbocycles. The quantitative estimate of drug-likeness (QED) is 0.342. The van der Waals surface area contributed by atoms with Crippen LogP contribution in [0.15, 0.2) is 53.4 Å². The van der Waals surface area contributed by atoms with Crippen LogP contribution < -0.4 is 15.0 Å². The van der Waals surface area contributed by atoms with Crippen molar-refractivity contribution >= 4 is 23.9 Å². The smallest absolute Gasteiger partial charge is 0.216 e. The minimum Gasteiger partial charge on any atom is -0.496 e. The van der Waals surface area contributed by atoms with Crippen LogP contribution in [0.5, 0.6) is 5.75 Å². The van der Waals surface area contributed by atoms with Gasteiger partial charge in [0.15, 0.2) is 6.23 Å². The first-order valence-electron chi connectivity index (χ1n) is 9.35. The van der Waals surface area contributed by atoms with Crippen molar-refractivity contribution in [3.8, 4) is 5.75 Å². The number of anilines is 1. The molecule has 0 radical (unpaired) electrons. The Labute approximate surface area is 169 Å². The highest BCUT2D eigenvalue weighted by Crippen LogP contribution is 2.39. The Hall–Kier alpha value is -2.06. The van der Waals surface area contributed by atoms with Gasteiger partial charge in [0.05, 0.1) is 12.8 Å². The summed E-state index contributed by atoms with van der Waals surface area (Å²) in [6, 6.07) is 15.4. The number of amides is 1. The molecule has 150 valence electrons. The largest absolute Gasteiger partial charge is 0.496 e. The molecule has 2 atom stereocenters. The molecule has 2 N–H and O–H groups in total. The Bertz CT molecular complexity index is 774. The van der Waals surface area contributed by atoms with Crippen molar-refractivity contribution in [2.45, 2.75) is 23.6 Å². The number of thioether (sulfide) groups is 1. The summed E-state index contributed by atoms with van der Waals surface area (Å²) in [5, 5.41) is 13.7. The molecule has 2 aromatic rings. The summed E-state index contributed by atoms with van der Waals surface area (Å²) >= 11 is 1.76. The molecule has 1 aliphatic rings. The van der Waals surface area contributed by atoms with Gasteiger partial charge in [-0.3, -0.25) is 9.69 Å². The second-order valence-electron chi connectivity index (χ2n) is 6.38. The van der Waals surface area contributed by atoms with Gasteiger partial charge in [0.1, 0.15) is 11.9 Å². The van der Waals surface area contributed by atoms with Gasteiger partial charge in [-0.2, -0.15) is 0 Å². The van der Waals surface area contributed by atoms with Gasteiger partial charge in [0, 0.05) is 29.4 Å². The fourth-order valence-electron chi connectivity index (χ4n) is 3.21. The fourth-order valence-corrected chi connectivity index (χ4v) is 4.15. The van der Waals surface area contributed by atoms with E-state index in [9.17, 15) is 9.90 Å². The van der Waals surface area contributed by atoms with Crippen LogP contribution in [0.1, 0.15) is 18.1 Å². The van der Waals surface area contributed by atoms with Crippen molar-refractivity contribution < 1.29 is 19.4 Å². The summed E-state index contributed by atoms with van der Waals surface area (Å²) in [5.74, 6) is 1.85. The fraction of sp³-hybridized carbons (Fsp3) is 0.381. The Kier molecular flexibility index (Phi) is 7.73. The Balaban J connectivity index is 1.34. The Morgan fingerprint density at radius 3 is 2.79 bits per heavy atom. The number of nitrogens with zero attached hydrogens (tertiary/aromatic N) is 1. The molecule has 0 aromatic heterocycles. The SMILES string of the molecule is COc1ccccc1SCCNCCCOC1c2ccccc2N(C=O)C1O. The molecule has 28 heavy (non-hydrogen) atoms. The number of methoxy groups -OCH3 is 1. The number of fused-ring (bicyclic) bond motifs is 1. The van der Waals surface area contributed by atoms with E-state index in [1.165, 1.54) is 4.90 Å². The molecule has 0 saturated carbocycles. The van der Waals surface area contributed by atoms with E-state index in [1.54, 1.807) is 18.9 Å². The van der Waals surface area contributed by atoms with Crippen LogP contribution in [0.25, 0.3) is 0 Å². The molecule has 0 spiro atoms. The van der Waals surface area contributed by atoms with Crippen LogP contribution >= 0.6 is 11.8 Å². The number of rotatable bonds is 11. The number of carbonyl (C=O) groups is 1. The molecule has 0 bridgehead atoms. The summed E-state index contributed by atoms with van der Waals surface area (Å²) in [7, 11) is 1.69. The van der Waals surface area contributed by atoms with Gasteiger partial charge in [-0.25, -0.2) is 0 Å². The molecule has 7 heteroatoms. The lowest BCUT2D eigenvalue weighted by molar-refractivity contribution is -0.111. The topological polar surface area (TPSA) is 71.0 Å². The Morgan fingerprint density at radius 1 is 1.18 bits per heavy atom. The maximum Gasteiger partial charge on any atom is 0.216 e. The zero-order valence-electron chi connectivity index (χ0n) is 15.9. The predicted molar refractivity (Wildman–Crippen MR) is 111 cm³/mol. The monoisotopic (exact) mass is 402 g/mol. The number of aliphatic hydroxyl groups is 1. The van der Waals surface area contributed by atoms with E-state index in [1.807, 2.05) is 42.5 Å². The van der Waals surface area contributed by atoms with Crippen molar-refractivity contribution in [3.05, 3.63) is 54.1 Å². The molecular formula is C21H26N2O4S. The number of carbonyl (C=O) groups excluding carboxylic acids is 1. The van der Waals surface area contributed by atoms with E-state index < -0.39 is 12.3 Å². The number of hydrogen-bond acceptors (Lipinski definition) is 6. The number of benzene rings is 2. The molecule has 0 saturated heterocycles. The molecule has 1 amide bonds. The zero-order chi connectivity index (χ0) is 19.8. The summed E-state index contributed by atoms with van der Waals surface area (Å²) in [5.41, 5.74) is 1.56. The second kappa shape index (κ2) is 10.5. The van der Waals surface area contributed by atoms with Crippen molar-refractivity contribution in [2.24, 2.45) is 0 Å². The van der Waals surface area contributed by atoms with Crippen LogP contribution in [0, 0.1) is 0 Å². The summed E-state index contributed by atoms with van der Waals surface area (Å²) in [4.78, 5) is 13.7. The summed E-state index contributed by atoms with van der Waals surface area (Å²) in [6.45, 7) is 2.22. The van der Waals surface area contributed by atoms with E-state index in [4.69, 9.17) is 9.47 Å². The number of aliphatic hydroxyl groups excluding tert-OH is 1. The highest BCUT2D eigenvalue weighted by Gasteiger charge is 2.37. The van der Waals surface area contributed by atoms with Crippen LogP contribution in [0.2, 0.25) is 0 Å². The van der Waals surface area contributed by atoms with Gasteiger partial charge >= 0.3 is 0 Å². The van der Waals surface area contributed by atoms with E-state index >= 15 is 0 Å². The average Bonchev–Trinajstić information content (AvgIpc) is 3.01.